The standard InChI is InChI=1S/C12H23NO2/c1-10(11-5-7-14-9-11)13-8-12-4-2-3-6-15-12/h10-13H,2-9H2,1H3. The predicted molar refractivity (Wildman–Crippen MR) is 60.0 cm³/mol. The Bertz CT molecular complexity index is 174. The average molecular weight is 213 g/mol. The molecular formula is C12H23NO2. The maximum Gasteiger partial charge on any atom is 0.0699 e. The van der Waals surface area contributed by atoms with Crippen LogP contribution in [0.25, 0.3) is 0 Å². The molecule has 2 aliphatic rings. The third-order valence-electron chi connectivity index (χ3n) is 3.61. The Kier molecular flexibility index (Phi) is 4.42. The summed E-state index contributed by atoms with van der Waals surface area (Å²) < 4.78 is 11.1. The number of hydrogen-bond donors (Lipinski definition) is 1. The minimum absolute atomic E-state index is 0.448. The van der Waals surface area contributed by atoms with Crippen molar-refractivity contribution >= 4 is 0 Å². The maximum atomic E-state index is 5.70. The molecule has 0 bridgehead atoms. The average Bonchev–Trinajstić information content (AvgIpc) is 2.81. The highest BCUT2D eigenvalue weighted by molar-refractivity contribution is 4.77. The molecule has 15 heavy (non-hydrogen) atoms. The summed E-state index contributed by atoms with van der Waals surface area (Å²) in [4.78, 5) is 0. The largest absolute Gasteiger partial charge is 0.381 e. The van der Waals surface area contributed by atoms with Crippen LogP contribution in [-0.4, -0.2) is 38.5 Å². The van der Waals surface area contributed by atoms with Gasteiger partial charge in [-0.3, -0.25) is 0 Å². The van der Waals surface area contributed by atoms with Gasteiger partial charge in [0.05, 0.1) is 12.7 Å². The van der Waals surface area contributed by atoms with Gasteiger partial charge >= 0.3 is 0 Å². The lowest BCUT2D eigenvalue weighted by molar-refractivity contribution is 0.0144. The summed E-state index contributed by atoms with van der Waals surface area (Å²) >= 11 is 0. The molecule has 0 saturated carbocycles. The van der Waals surface area contributed by atoms with Crippen molar-refractivity contribution in [3.63, 3.8) is 0 Å². The van der Waals surface area contributed by atoms with Crippen molar-refractivity contribution in [3.8, 4) is 0 Å². The monoisotopic (exact) mass is 213 g/mol. The Balaban J connectivity index is 1.63. The summed E-state index contributed by atoms with van der Waals surface area (Å²) in [6.45, 7) is 6.10. The topological polar surface area (TPSA) is 30.5 Å². The highest BCUT2D eigenvalue weighted by atomic mass is 16.5. The van der Waals surface area contributed by atoms with Gasteiger partial charge in [-0.2, -0.15) is 0 Å². The van der Waals surface area contributed by atoms with Crippen LogP contribution in [0.5, 0.6) is 0 Å². The van der Waals surface area contributed by atoms with Crippen molar-refractivity contribution in [3.05, 3.63) is 0 Å². The van der Waals surface area contributed by atoms with Gasteiger partial charge in [-0.25, -0.2) is 0 Å². The van der Waals surface area contributed by atoms with E-state index in [0.717, 1.165) is 26.4 Å². The zero-order chi connectivity index (χ0) is 10.5. The molecule has 0 radical (unpaired) electrons. The number of rotatable bonds is 4. The SMILES string of the molecule is CC(NCC1CCCCO1)C1CCOC1. The van der Waals surface area contributed by atoms with Crippen molar-refractivity contribution < 1.29 is 9.47 Å². The first kappa shape index (κ1) is 11.4. The van der Waals surface area contributed by atoms with Crippen molar-refractivity contribution in [2.45, 2.75) is 44.8 Å². The second-order valence-corrected chi connectivity index (χ2v) is 4.81. The van der Waals surface area contributed by atoms with E-state index in [1.54, 1.807) is 0 Å². The maximum absolute atomic E-state index is 5.70. The van der Waals surface area contributed by atoms with Gasteiger partial charge in [0.2, 0.25) is 0 Å². The molecule has 0 aromatic carbocycles. The Morgan fingerprint density at radius 2 is 2.20 bits per heavy atom. The van der Waals surface area contributed by atoms with Crippen molar-refractivity contribution in [1.82, 2.24) is 5.32 Å². The Hall–Kier alpha value is -0.120. The Labute approximate surface area is 92.5 Å². The molecule has 88 valence electrons. The molecule has 3 heteroatoms. The van der Waals surface area contributed by atoms with Crippen LogP contribution in [0.1, 0.15) is 32.6 Å². The molecule has 2 heterocycles. The summed E-state index contributed by atoms with van der Waals surface area (Å²) in [6, 6.07) is 0.568. The van der Waals surface area contributed by atoms with Crippen LogP contribution in [0.2, 0.25) is 0 Å². The van der Waals surface area contributed by atoms with Crippen molar-refractivity contribution in [1.29, 1.82) is 0 Å². The first-order valence-electron chi connectivity index (χ1n) is 6.29. The summed E-state index contributed by atoms with van der Waals surface area (Å²) in [5.74, 6) is 0.702. The van der Waals surface area contributed by atoms with Gasteiger partial charge < -0.3 is 14.8 Å². The van der Waals surface area contributed by atoms with Gasteiger partial charge in [0.25, 0.3) is 0 Å². The molecule has 0 aromatic rings. The Morgan fingerprint density at radius 1 is 1.27 bits per heavy atom. The third-order valence-corrected chi connectivity index (χ3v) is 3.61. The van der Waals surface area contributed by atoms with Crippen LogP contribution in [0.3, 0.4) is 0 Å². The molecule has 1 N–H and O–H groups in total. The van der Waals surface area contributed by atoms with Crippen LogP contribution in [-0.2, 0) is 9.47 Å². The lowest BCUT2D eigenvalue weighted by Gasteiger charge is -2.26. The van der Waals surface area contributed by atoms with Gasteiger partial charge in [-0.1, -0.05) is 0 Å². The fourth-order valence-corrected chi connectivity index (χ4v) is 2.40. The van der Waals surface area contributed by atoms with E-state index in [4.69, 9.17) is 9.47 Å². The van der Waals surface area contributed by atoms with Crippen LogP contribution < -0.4 is 5.32 Å². The summed E-state index contributed by atoms with van der Waals surface area (Å²) in [6.07, 6.45) is 5.44. The van der Waals surface area contributed by atoms with Crippen molar-refractivity contribution in [2.24, 2.45) is 5.92 Å². The molecule has 2 fully saturated rings. The van der Waals surface area contributed by atoms with Crippen LogP contribution in [0.4, 0.5) is 0 Å². The quantitative estimate of drug-likeness (QED) is 0.769. The molecular weight excluding hydrogens is 190 g/mol. The number of nitrogens with one attached hydrogen (secondary N) is 1. The fourth-order valence-electron chi connectivity index (χ4n) is 2.40. The molecule has 2 saturated heterocycles. The molecule has 0 spiro atoms. The molecule has 0 aromatic heterocycles. The van der Waals surface area contributed by atoms with Crippen LogP contribution in [0, 0.1) is 5.92 Å². The Morgan fingerprint density at radius 3 is 2.87 bits per heavy atom. The lowest BCUT2D eigenvalue weighted by atomic mass is 10.0. The fraction of sp³-hybridized carbons (Fsp3) is 1.00. The molecule has 2 aliphatic heterocycles. The van der Waals surface area contributed by atoms with Gasteiger partial charge in [-0.05, 0) is 38.5 Å². The first-order chi connectivity index (χ1) is 7.36. The first-order valence-corrected chi connectivity index (χ1v) is 6.29. The minimum atomic E-state index is 0.448. The van der Waals surface area contributed by atoms with Gasteiger partial charge in [0, 0.05) is 25.8 Å². The summed E-state index contributed by atoms with van der Waals surface area (Å²) in [5.41, 5.74) is 0. The van der Waals surface area contributed by atoms with E-state index >= 15 is 0 Å². The lowest BCUT2D eigenvalue weighted by Crippen LogP contribution is -2.40. The van der Waals surface area contributed by atoms with E-state index in [1.165, 1.54) is 25.7 Å². The minimum Gasteiger partial charge on any atom is -0.381 e. The van der Waals surface area contributed by atoms with E-state index < -0.39 is 0 Å². The van der Waals surface area contributed by atoms with E-state index in [1.807, 2.05) is 0 Å². The molecule has 0 aliphatic carbocycles. The zero-order valence-corrected chi connectivity index (χ0v) is 9.71. The third kappa shape index (κ3) is 3.44. The van der Waals surface area contributed by atoms with Gasteiger partial charge in [0.1, 0.15) is 0 Å². The summed E-state index contributed by atoms with van der Waals surface area (Å²) in [5, 5.41) is 3.59. The number of hydrogen-bond acceptors (Lipinski definition) is 3. The molecule has 3 nitrogen and oxygen atoms in total. The van der Waals surface area contributed by atoms with Gasteiger partial charge in [0.15, 0.2) is 0 Å². The smallest absolute Gasteiger partial charge is 0.0699 e. The highest BCUT2D eigenvalue weighted by Gasteiger charge is 2.23. The van der Waals surface area contributed by atoms with Crippen LogP contribution >= 0.6 is 0 Å². The second kappa shape index (κ2) is 5.83. The molecule has 0 amide bonds. The van der Waals surface area contributed by atoms with E-state index in [0.29, 0.717) is 18.1 Å². The van der Waals surface area contributed by atoms with E-state index in [2.05, 4.69) is 12.2 Å². The molecule has 2 rings (SSSR count). The predicted octanol–water partition coefficient (Wildman–Crippen LogP) is 1.57. The normalized spacial score (nSPS) is 34.2. The van der Waals surface area contributed by atoms with Gasteiger partial charge in [-0.15, -0.1) is 0 Å². The van der Waals surface area contributed by atoms with Crippen LogP contribution in [0.15, 0.2) is 0 Å². The number of ether oxygens (including phenoxy) is 2. The zero-order valence-electron chi connectivity index (χ0n) is 9.71. The molecule has 3 atom stereocenters. The second-order valence-electron chi connectivity index (χ2n) is 4.81. The van der Waals surface area contributed by atoms with E-state index in [9.17, 15) is 0 Å². The highest BCUT2D eigenvalue weighted by Crippen LogP contribution is 2.17. The van der Waals surface area contributed by atoms with Crippen molar-refractivity contribution in [2.75, 3.05) is 26.4 Å². The molecule has 3 unspecified atom stereocenters. The summed E-state index contributed by atoms with van der Waals surface area (Å²) in [7, 11) is 0. The van der Waals surface area contributed by atoms with E-state index in [-0.39, 0.29) is 0 Å².